The predicted octanol–water partition coefficient (Wildman–Crippen LogP) is 2.36. The van der Waals surface area contributed by atoms with E-state index in [2.05, 4.69) is 10.1 Å². The third-order valence-electron chi connectivity index (χ3n) is 3.65. The lowest BCUT2D eigenvalue weighted by atomic mass is 10.1. The number of hydrogen-bond donors (Lipinski definition) is 1. The van der Waals surface area contributed by atoms with E-state index in [0.717, 1.165) is 4.90 Å². The number of nitrogens with zero attached hydrogens (tertiary/aromatic N) is 1. The molecule has 5 nitrogen and oxygen atoms in total. The topological polar surface area (TPSA) is 58.6 Å². The van der Waals surface area contributed by atoms with Gasteiger partial charge in [-0.3, -0.25) is 4.79 Å². The Labute approximate surface area is 131 Å². The summed E-state index contributed by atoms with van der Waals surface area (Å²) in [6, 6.07) is 4.15. The highest BCUT2D eigenvalue weighted by molar-refractivity contribution is 5.92. The average molecular weight is 330 g/mol. The summed E-state index contributed by atoms with van der Waals surface area (Å²) in [4.78, 5) is 24.4. The summed E-state index contributed by atoms with van der Waals surface area (Å²) in [6.07, 6.45) is -4.14. The molecule has 1 saturated heterocycles. The van der Waals surface area contributed by atoms with Crippen LogP contribution in [0.2, 0.25) is 0 Å². The summed E-state index contributed by atoms with van der Waals surface area (Å²) >= 11 is 0. The van der Waals surface area contributed by atoms with Crippen molar-refractivity contribution in [3.8, 4) is 0 Å². The third-order valence-corrected chi connectivity index (χ3v) is 3.65. The Kier molecular flexibility index (Phi) is 4.82. The number of aryl methyl sites for hydroxylation is 1. The number of rotatable bonds is 4. The highest BCUT2D eigenvalue weighted by Crippen LogP contribution is 2.24. The number of benzene rings is 1. The second-order valence-electron chi connectivity index (χ2n) is 5.38. The maximum absolute atomic E-state index is 12.4. The molecule has 8 heteroatoms. The monoisotopic (exact) mass is 330 g/mol. The predicted molar refractivity (Wildman–Crippen MR) is 77.2 cm³/mol. The van der Waals surface area contributed by atoms with Crippen LogP contribution in [0.25, 0.3) is 0 Å². The number of anilines is 1. The van der Waals surface area contributed by atoms with Gasteiger partial charge in [0.2, 0.25) is 5.91 Å². The maximum atomic E-state index is 12.4. The van der Waals surface area contributed by atoms with Crippen LogP contribution in [0.3, 0.4) is 0 Å². The molecule has 2 rings (SSSR count). The van der Waals surface area contributed by atoms with Crippen molar-refractivity contribution in [3.63, 3.8) is 0 Å². The molecule has 1 heterocycles. The van der Waals surface area contributed by atoms with Gasteiger partial charge in [0.15, 0.2) is 0 Å². The Morgan fingerprint density at radius 2 is 2.13 bits per heavy atom. The molecule has 1 fully saturated rings. The highest BCUT2D eigenvalue weighted by atomic mass is 19.4. The second kappa shape index (κ2) is 6.47. The van der Waals surface area contributed by atoms with Crippen molar-refractivity contribution in [1.29, 1.82) is 0 Å². The van der Waals surface area contributed by atoms with Gasteiger partial charge in [-0.25, -0.2) is 4.79 Å². The number of hydrogen-bond acceptors (Lipinski definition) is 4. The number of halogens is 3. The van der Waals surface area contributed by atoms with Crippen LogP contribution >= 0.6 is 0 Å². The van der Waals surface area contributed by atoms with Crippen molar-refractivity contribution in [2.45, 2.75) is 25.6 Å². The average Bonchev–Trinajstić information content (AvgIpc) is 2.79. The van der Waals surface area contributed by atoms with Crippen LogP contribution in [0, 0.1) is 6.92 Å². The summed E-state index contributed by atoms with van der Waals surface area (Å²) in [7, 11) is 1.26. The van der Waals surface area contributed by atoms with Crippen LogP contribution in [-0.2, 0) is 9.53 Å². The van der Waals surface area contributed by atoms with E-state index < -0.39 is 30.6 Å². The summed E-state index contributed by atoms with van der Waals surface area (Å²) in [6.45, 7) is 0.541. The number of esters is 1. The number of alkyl halides is 3. The Balaban J connectivity index is 2.09. The molecule has 0 bridgehead atoms. The fraction of sp³-hybridized carbons (Fsp3) is 0.467. The standard InChI is InChI=1S/C15H17F3N2O3/c1-9-3-4-10(7-11(9)14(22)23-2)19-12-5-6-20(13(12)21)8-15(16,17)18/h3-4,7,12,19H,5-6,8H2,1-2H3/t12-/m1/s1. The number of likely N-dealkylation sites (tertiary alicyclic amines) is 1. The number of amides is 1. The normalized spacial score (nSPS) is 18.2. The SMILES string of the molecule is COC(=O)c1cc(N[C@@H]2CCN(CC(F)(F)F)C2=O)ccc1C. The van der Waals surface area contributed by atoms with Crippen LogP contribution in [0.4, 0.5) is 18.9 Å². The largest absolute Gasteiger partial charge is 0.465 e. The molecule has 0 saturated carbocycles. The summed E-state index contributed by atoms with van der Waals surface area (Å²) in [5.41, 5.74) is 1.54. The first-order chi connectivity index (χ1) is 10.7. The first-order valence-corrected chi connectivity index (χ1v) is 7.02. The van der Waals surface area contributed by atoms with Crippen LogP contribution in [0.1, 0.15) is 22.3 Å². The minimum absolute atomic E-state index is 0.0474. The maximum Gasteiger partial charge on any atom is 0.406 e. The van der Waals surface area contributed by atoms with E-state index in [0.29, 0.717) is 16.8 Å². The molecule has 1 atom stereocenters. The lowest BCUT2D eigenvalue weighted by Crippen LogP contribution is -2.39. The van der Waals surface area contributed by atoms with E-state index in [4.69, 9.17) is 0 Å². The molecule has 23 heavy (non-hydrogen) atoms. The fourth-order valence-electron chi connectivity index (χ4n) is 2.49. The Bertz CT molecular complexity index is 616. The minimum Gasteiger partial charge on any atom is -0.465 e. The molecule has 1 aromatic rings. The fourth-order valence-corrected chi connectivity index (χ4v) is 2.49. The van der Waals surface area contributed by atoms with Gasteiger partial charge in [0.05, 0.1) is 12.7 Å². The summed E-state index contributed by atoms with van der Waals surface area (Å²) in [5, 5.41) is 2.89. The van der Waals surface area contributed by atoms with Gasteiger partial charge in [0.1, 0.15) is 12.6 Å². The van der Waals surface area contributed by atoms with Crippen LogP contribution in [0.5, 0.6) is 0 Å². The van der Waals surface area contributed by atoms with Gasteiger partial charge in [-0.15, -0.1) is 0 Å². The molecule has 0 aliphatic carbocycles. The van der Waals surface area contributed by atoms with Gasteiger partial charge < -0.3 is 15.0 Å². The summed E-state index contributed by atoms with van der Waals surface area (Å²) < 4.78 is 41.9. The van der Waals surface area contributed by atoms with Gasteiger partial charge in [-0.05, 0) is 31.0 Å². The lowest BCUT2D eigenvalue weighted by molar-refractivity contribution is -0.157. The summed E-state index contributed by atoms with van der Waals surface area (Å²) in [5.74, 6) is -1.11. The van der Waals surface area contributed by atoms with Gasteiger partial charge in [0.25, 0.3) is 0 Å². The third kappa shape index (κ3) is 4.14. The lowest BCUT2D eigenvalue weighted by Gasteiger charge is -2.19. The van der Waals surface area contributed by atoms with E-state index in [1.54, 1.807) is 19.1 Å². The zero-order valence-corrected chi connectivity index (χ0v) is 12.7. The number of carbonyl (C=O) groups excluding carboxylic acids is 2. The van der Waals surface area contributed by atoms with Gasteiger partial charge in [-0.2, -0.15) is 13.2 Å². The molecule has 1 aromatic carbocycles. The highest BCUT2D eigenvalue weighted by Gasteiger charge is 2.39. The molecule has 0 spiro atoms. The van der Waals surface area contributed by atoms with Crippen molar-refractivity contribution >= 4 is 17.6 Å². The molecule has 0 aromatic heterocycles. The van der Waals surface area contributed by atoms with Crippen molar-refractivity contribution < 1.29 is 27.5 Å². The zero-order valence-electron chi connectivity index (χ0n) is 12.7. The number of methoxy groups -OCH3 is 1. The van der Waals surface area contributed by atoms with Gasteiger partial charge in [-0.1, -0.05) is 6.07 Å². The first-order valence-electron chi connectivity index (χ1n) is 7.02. The van der Waals surface area contributed by atoms with E-state index >= 15 is 0 Å². The minimum atomic E-state index is -4.41. The van der Waals surface area contributed by atoms with E-state index in [9.17, 15) is 22.8 Å². The van der Waals surface area contributed by atoms with E-state index in [1.165, 1.54) is 13.2 Å². The van der Waals surface area contributed by atoms with Crippen molar-refractivity contribution in [1.82, 2.24) is 4.90 Å². The molecular weight excluding hydrogens is 313 g/mol. The van der Waals surface area contributed by atoms with E-state index in [-0.39, 0.29) is 13.0 Å². The quantitative estimate of drug-likeness (QED) is 0.861. The van der Waals surface area contributed by atoms with Crippen molar-refractivity contribution in [3.05, 3.63) is 29.3 Å². The van der Waals surface area contributed by atoms with Gasteiger partial charge >= 0.3 is 12.1 Å². The van der Waals surface area contributed by atoms with E-state index in [1.807, 2.05) is 0 Å². The Morgan fingerprint density at radius 3 is 2.74 bits per heavy atom. The van der Waals surface area contributed by atoms with Crippen molar-refractivity contribution in [2.24, 2.45) is 0 Å². The van der Waals surface area contributed by atoms with Crippen LogP contribution in [0.15, 0.2) is 18.2 Å². The Hall–Kier alpha value is -2.25. The molecule has 0 unspecified atom stereocenters. The number of carbonyl (C=O) groups is 2. The molecular formula is C15H17F3N2O3. The molecule has 126 valence electrons. The molecule has 1 amide bonds. The number of ether oxygens (including phenoxy) is 1. The smallest absolute Gasteiger partial charge is 0.406 e. The molecule has 1 N–H and O–H groups in total. The van der Waals surface area contributed by atoms with Crippen LogP contribution in [-0.4, -0.2) is 49.2 Å². The van der Waals surface area contributed by atoms with Crippen molar-refractivity contribution in [2.75, 3.05) is 25.5 Å². The number of nitrogens with one attached hydrogen (secondary N) is 1. The first kappa shape index (κ1) is 17.1. The van der Waals surface area contributed by atoms with Crippen LogP contribution < -0.4 is 5.32 Å². The van der Waals surface area contributed by atoms with Gasteiger partial charge in [0, 0.05) is 12.2 Å². The molecule has 0 radical (unpaired) electrons. The molecule has 1 aliphatic rings. The molecule has 1 aliphatic heterocycles. The second-order valence-corrected chi connectivity index (χ2v) is 5.38. The Morgan fingerprint density at radius 1 is 1.43 bits per heavy atom. The zero-order chi connectivity index (χ0) is 17.2.